The normalized spacial score (nSPS) is 16.4. The van der Waals surface area contributed by atoms with Gasteiger partial charge < -0.3 is 14.8 Å². The number of benzene rings is 1. The lowest BCUT2D eigenvalue weighted by atomic mass is 9.92. The standard InChI is InChI=1S/C20H23NO4S/c1-13(2)14-4-3-5-15(12-14)16-6-7-17(25-16)18(22)21-20(19(23)24)8-10-26-11-9-20/h3-7,12-13H,8-11H2,1-2H3,(H,21,22)(H,23,24). The molecule has 1 aromatic carbocycles. The average molecular weight is 373 g/mol. The number of thioether (sulfide) groups is 1. The zero-order valence-electron chi connectivity index (χ0n) is 15.0. The molecule has 2 N–H and O–H groups in total. The van der Waals surface area contributed by atoms with E-state index >= 15 is 0 Å². The minimum Gasteiger partial charge on any atom is -0.480 e. The van der Waals surface area contributed by atoms with Crippen LogP contribution < -0.4 is 5.32 Å². The maximum absolute atomic E-state index is 12.6. The van der Waals surface area contributed by atoms with Gasteiger partial charge in [-0.1, -0.05) is 32.0 Å². The van der Waals surface area contributed by atoms with Crippen molar-refractivity contribution in [3.63, 3.8) is 0 Å². The van der Waals surface area contributed by atoms with Crippen molar-refractivity contribution < 1.29 is 19.1 Å². The van der Waals surface area contributed by atoms with Crippen molar-refractivity contribution in [2.75, 3.05) is 11.5 Å². The molecule has 1 fully saturated rings. The third-order valence-electron chi connectivity index (χ3n) is 4.78. The smallest absolute Gasteiger partial charge is 0.329 e. The Balaban J connectivity index is 1.80. The summed E-state index contributed by atoms with van der Waals surface area (Å²) in [7, 11) is 0. The van der Waals surface area contributed by atoms with Gasteiger partial charge in [-0.25, -0.2) is 4.79 Å². The maximum Gasteiger partial charge on any atom is 0.329 e. The number of rotatable bonds is 5. The van der Waals surface area contributed by atoms with Gasteiger partial charge in [0, 0.05) is 5.56 Å². The van der Waals surface area contributed by atoms with Gasteiger partial charge in [0.1, 0.15) is 11.3 Å². The van der Waals surface area contributed by atoms with E-state index in [1.54, 1.807) is 23.9 Å². The van der Waals surface area contributed by atoms with E-state index in [9.17, 15) is 14.7 Å². The maximum atomic E-state index is 12.6. The van der Waals surface area contributed by atoms with Gasteiger partial charge in [-0.05, 0) is 54.0 Å². The van der Waals surface area contributed by atoms with Gasteiger partial charge in [-0.15, -0.1) is 0 Å². The highest BCUT2D eigenvalue weighted by molar-refractivity contribution is 7.99. The van der Waals surface area contributed by atoms with E-state index in [-0.39, 0.29) is 5.76 Å². The molecule has 1 aromatic heterocycles. The molecule has 1 saturated heterocycles. The largest absolute Gasteiger partial charge is 0.480 e. The number of nitrogens with one attached hydrogen (secondary N) is 1. The van der Waals surface area contributed by atoms with Gasteiger partial charge in [-0.2, -0.15) is 11.8 Å². The van der Waals surface area contributed by atoms with Crippen LogP contribution in [-0.2, 0) is 4.79 Å². The van der Waals surface area contributed by atoms with Crippen molar-refractivity contribution in [1.82, 2.24) is 5.32 Å². The quantitative estimate of drug-likeness (QED) is 0.823. The summed E-state index contributed by atoms with van der Waals surface area (Å²) in [5, 5.41) is 12.3. The summed E-state index contributed by atoms with van der Waals surface area (Å²) in [4.78, 5) is 24.3. The molecule has 0 unspecified atom stereocenters. The van der Waals surface area contributed by atoms with E-state index < -0.39 is 17.4 Å². The summed E-state index contributed by atoms with van der Waals surface area (Å²) in [5.41, 5.74) is 0.888. The Kier molecular flexibility index (Phi) is 5.41. The molecule has 0 aliphatic carbocycles. The number of hydrogen-bond acceptors (Lipinski definition) is 4. The first-order valence-corrected chi connectivity index (χ1v) is 9.90. The zero-order valence-corrected chi connectivity index (χ0v) is 15.8. The van der Waals surface area contributed by atoms with Crippen molar-refractivity contribution in [3.05, 3.63) is 47.7 Å². The van der Waals surface area contributed by atoms with Gasteiger partial charge in [0.15, 0.2) is 5.76 Å². The Bertz CT molecular complexity index is 806. The molecule has 1 aliphatic heterocycles. The number of amides is 1. The van der Waals surface area contributed by atoms with Crippen LogP contribution in [0.4, 0.5) is 0 Å². The van der Waals surface area contributed by atoms with Crippen molar-refractivity contribution >= 4 is 23.6 Å². The molecule has 0 spiro atoms. The van der Waals surface area contributed by atoms with Crippen molar-refractivity contribution in [2.24, 2.45) is 0 Å². The zero-order chi connectivity index (χ0) is 18.7. The fraction of sp³-hybridized carbons (Fsp3) is 0.400. The van der Waals surface area contributed by atoms with Crippen LogP contribution in [0, 0.1) is 0 Å². The molecule has 1 aliphatic rings. The second-order valence-corrected chi connectivity index (χ2v) is 8.12. The van der Waals surface area contributed by atoms with Crippen LogP contribution in [0.3, 0.4) is 0 Å². The predicted molar refractivity (Wildman–Crippen MR) is 103 cm³/mol. The van der Waals surface area contributed by atoms with E-state index in [0.717, 1.165) is 17.1 Å². The molecule has 0 radical (unpaired) electrons. The molecule has 0 saturated carbocycles. The van der Waals surface area contributed by atoms with Gasteiger partial charge in [0.05, 0.1) is 0 Å². The number of hydrogen-bond donors (Lipinski definition) is 2. The van der Waals surface area contributed by atoms with Crippen molar-refractivity contribution in [1.29, 1.82) is 0 Å². The first-order valence-electron chi connectivity index (χ1n) is 8.75. The Labute approximate surface area is 157 Å². The van der Waals surface area contributed by atoms with E-state index in [1.165, 1.54) is 5.56 Å². The van der Waals surface area contributed by atoms with E-state index in [0.29, 0.717) is 24.5 Å². The summed E-state index contributed by atoms with van der Waals surface area (Å²) in [6.45, 7) is 4.24. The molecule has 3 rings (SSSR count). The third kappa shape index (κ3) is 3.80. The van der Waals surface area contributed by atoms with Crippen LogP contribution in [0.15, 0.2) is 40.8 Å². The minimum absolute atomic E-state index is 0.133. The monoisotopic (exact) mass is 373 g/mol. The van der Waals surface area contributed by atoms with Gasteiger partial charge in [0.25, 0.3) is 5.91 Å². The average Bonchev–Trinajstić information content (AvgIpc) is 3.13. The van der Waals surface area contributed by atoms with Crippen LogP contribution in [0.2, 0.25) is 0 Å². The number of furan rings is 1. The van der Waals surface area contributed by atoms with Crippen molar-refractivity contribution in [3.8, 4) is 11.3 Å². The van der Waals surface area contributed by atoms with Gasteiger partial charge in [-0.3, -0.25) is 4.79 Å². The van der Waals surface area contributed by atoms with Gasteiger partial charge >= 0.3 is 5.97 Å². The Morgan fingerprint density at radius 1 is 1.19 bits per heavy atom. The number of aliphatic carboxylic acids is 1. The van der Waals surface area contributed by atoms with Crippen LogP contribution in [0.5, 0.6) is 0 Å². The summed E-state index contributed by atoms with van der Waals surface area (Å²) >= 11 is 1.70. The Hall–Kier alpha value is -2.21. The molecule has 138 valence electrons. The second kappa shape index (κ2) is 7.58. The predicted octanol–water partition coefficient (Wildman–Crippen LogP) is 4.15. The molecule has 0 bridgehead atoms. The Morgan fingerprint density at radius 2 is 1.92 bits per heavy atom. The summed E-state index contributed by atoms with van der Waals surface area (Å²) in [5.74, 6) is 1.10. The molecular formula is C20H23NO4S. The molecule has 5 nitrogen and oxygen atoms in total. The molecule has 2 aromatic rings. The first-order chi connectivity index (χ1) is 12.4. The molecule has 6 heteroatoms. The van der Waals surface area contributed by atoms with Crippen LogP contribution in [0.1, 0.15) is 48.7 Å². The summed E-state index contributed by atoms with van der Waals surface area (Å²) in [6, 6.07) is 11.3. The number of carbonyl (C=O) groups is 2. The summed E-state index contributed by atoms with van der Waals surface area (Å²) in [6.07, 6.45) is 0.839. The SMILES string of the molecule is CC(C)c1cccc(-c2ccc(C(=O)NC3(C(=O)O)CCSCC3)o2)c1. The highest BCUT2D eigenvalue weighted by Crippen LogP contribution is 2.29. The van der Waals surface area contributed by atoms with Crippen LogP contribution in [0.25, 0.3) is 11.3 Å². The first kappa shape index (κ1) is 18.6. The fourth-order valence-corrected chi connectivity index (χ4v) is 4.25. The highest BCUT2D eigenvalue weighted by atomic mass is 32.2. The van der Waals surface area contributed by atoms with Crippen LogP contribution >= 0.6 is 11.8 Å². The van der Waals surface area contributed by atoms with E-state index in [1.807, 2.05) is 18.2 Å². The van der Waals surface area contributed by atoms with Gasteiger partial charge in [0.2, 0.25) is 0 Å². The van der Waals surface area contributed by atoms with E-state index in [4.69, 9.17) is 4.42 Å². The topological polar surface area (TPSA) is 79.5 Å². The minimum atomic E-state index is -1.20. The van der Waals surface area contributed by atoms with Crippen molar-refractivity contribution in [2.45, 2.75) is 38.1 Å². The molecule has 26 heavy (non-hydrogen) atoms. The molecular weight excluding hydrogens is 350 g/mol. The number of carbonyl (C=O) groups excluding carboxylic acids is 1. The molecule has 0 atom stereocenters. The second-order valence-electron chi connectivity index (χ2n) is 6.90. The Morgan fingerprint density at radius 3 is 2.58 bits per heavy atom. The lowest BCUT2D eigenvalue weighted by Crippen LogP contribution is -2.56. The lowest BCUT2D eigenvalue weighted by Gasteiger charge is -2.33. The number of carboxylic acid groups (broad SMARTS) is 1. The summed E-state index contributed by atoms with van der Waals surface area (Å²) < 4.78 is 5.72. The fourth-order valence-electron chi connectivity index (χ4n) is 3.06. The lowest BCUT2D eigenvalue weighted by molar-refractivity contribution is -0.144. The highest BCUT2D eigenvalue weighted by Gasteiger charge is 2.41. The molecule has 1 amide bonds. The van der Waals surface area contributed by atoms with Crippen LogP contribution in [-0.4, -0.2) is 34.0 Å². The van der Waals surface area contributed by atoms with E-state index in [2.05, 4.69) is 25.2 Å². The number of carboxylic acids is 1. The third-order valence-corrected chi connectivity index (χ3v) is 5.76. The molecule has 2 heterocycles.